The van der Waals surface area contributed by atoms with Gasteiger partial charge in [-0.05, 0) is 24.5 Å². The summed E-state index contributed by atoms with van der Waals surface area (Å²) < 4.78 is 22.9. The van der Waals surface area contributed by atoms with E-state index < -0.39 is 15.3 Å². The molecule has 7 heteroatoms. The zero-order valence-electron chi connectivity index (χ0n) is 13.8. The molecule has 0 unspecified atom stereocenters. The monoisotopic (exact) mass is 360 g/mol. The number of anilines is 1. The average Bonchev–Trinajstić information content (AvgIpc) is 3.06. The van der Waals surface area contributed by atoms with Crippen molar-refractivity contribution in [3.8, 4) is 0 Å². The second-order valence-electron chi connectivity index (χ2n) is 7.08. The number of nitrogens with zero attached hydrogens (tertiary/aromatic N) is 1. The van der Waals surface area contributed by atoms with Crippen LogP contribution in [0.1, 0.15) is 24.8 Å². The molecular formula is C18H20N2O4S. The van der Waals surface area contributed by atoms with Gasteiger partial charge in [0.1, 0.15) is 0 Å². The number of sulfone groups is 1. The van der Waals surface area contributed by atoms with Crippen LogP contribution in [0, 0.1) is 5.92 Å². The molecule has 2 amide bonds. The Kier molecular flexibility index (Phi) is 3.72. The molecule has 1 saturated heterocycles. The van der Waals surface area contributed by atoms with Gasteiger partial charge < -0.3 is 10.2 Å². The number of amides is 2. The van der Waals surface area contributed by atoms with Crippen molar-refractivity contribution in [2.24, 2.45) is 5.92 Å². The van der Waals surface area contributed by atoms with Gasteiger partial charge in [0.05, 0.1) is 11.2 Å². The molecule has 0 aromatic heterocycles. The van der Waals surface area contributed by atoms with Gasteiger partial charge in [-0.25, -0.2) is 8.42 Å². The van der Waals surface area contributed by atoms with Crippen LogP contribution in [0.3, 0.4) is 0 Å². The summed E-state index contributed by atoms with van der Waals surface area (Å²) >= 11 is 0. The Morgan fingerprint density at radius 2 is 1.96 bits per heavy atom. The lowest BCUT2D eigenvalue weighted by atomic mass is 9.73. The van der Waals surface area contributed by atoms with Gasteiger partial charge in [0.2, 0.25) is 11.8 Å². The molecule has 1 spiro atoms. The number of likely N-dealkylation sites (tertiary alicyclic amines) is 1. The first-order valence-corrected chi connectivity index (χ1v) is 10.2. The van der Waals surface area contributed by atoms with E-state index in [1.165, 1.54) is 5.41 Å². The lowest BCUT2D eigenvalue weighted by Crippen LogP contribution is -2.48. The van der Waals surface area contributed by atoms with Crippen molar-refractivity contribution in [1.82, 2.24) is 4.90 Å². The lowest BCUT2D eigenvalue weighted by Gasteiger charge is -2.38. The molecular weight excluding hydrogens is 340 g/mol. The topological polar surface area (TPSA) is 83.6 Å². The molecule has 1 fully saturated rings. The summed E-state index contributed by atoms with van der Waals surface area (Å²) in [6.45, 7) is 1.04. The van der Waals surface area contributed by atoms with Gasteiger partial charge in [-0.3, -0.25) is 9.59 Å². The highest BCUT2D eigenvalue weighted by Crippen LogP contribution is 2.44. The molecule has 25 heavy (non-hydrogen) atoms. The number of fused-ring (bicyclic) bond motifs is 2. The van der Waals surface area contributed by atoms with Crippen molar-refractivity contribution in [2.45, 2.75) is 24.7 Å². The van der Waals surface area contributed by atoms with Gasteiger partial charge in [-0.1, -0.05) is 24.3 Å². The molecule has 0 bridgehead atoms. The first kappa shape index (κ1) is 16.3. The zero-order valence-corrected chi connectivity index (χ0v) is 14.6. The summed E-state index contributed by atoms with van der Waals surface area (Å²) in [6, 6.07) is 7.73. The van der Waals surface area contributed by atoms with E-state index in [2.05, 4.69) is 5.32 Å². The third-order valence-corrected chi connectivity index (χ3v) is 7.00. The SMILES string of the molecule is O=C(C[C@H]1C=CS(=O)(=O)C1)N1CCC2(CC1)C(=O)Nc1ccccc12. The first-order valence-electron chi connectivity index (χ1n) is 8.49. The van der Waals surface area contributed by atoms with E-state index in [1.807, 2.05) is 24.3 Å². The molecule has 0 radical (unpaired) electrons. The van der Waals surface area contributed by atoms with Crippen LogP contribution in [-0.4, -0.2) is 44.0 Å². The quantitative estimate of drug-likeness (QED) is 0.865. The highest BCUT2D eigenvalue weighted by Gasteiger charge is 2.48. The molecule has 1 N–H and O–H groups in total. The minimum absolute atomic E-state index is 0.0191. The van der Waals surface area contributed by atoms with Crippen molar-refractivity contribution in [1.29, 1.82) is 0 Å². The fourth-order valence-electron chi connectivity index (χ4n) is 4.13. The maximum atomic E-state index is 12.5. The Labute approximate surface area is 146 Å². The van der Waals surface area contributed by atoms with Crippen molar-refractivity contribution in [3.05, 3.63) is 41.3 Å². The highest BCUT2D eigenvalue weighted by molar-refractivity contribution is 7.94. The smallest absolute Gasteiger partial charge is 0.235 e. The van der Waals surface area contributed by atoms with E-state index in [1.54, 1.807) is 11.0 Å². The van der Waals surface area contributed by atoms with Gasteiger partial charge in [0, 0.05) is 36.5 Å². The maximum absolute atomic E-state index is 12.5. The molecule has 4 rings (SSSR count). The Bertz CT molecular complexity index is 867. The molecule has 3 aliphatic rings. The Balaban J connectivity index is 1.43. The number of piperidine rings is 1. The fourth-order valence-corrected chi connectivity index (χ4v) is 5.53. The average molecular weight is 360 g/mol. The first-order chi connectivity index (χ1) is 11.9. The van der Waals surface area contributed by atoms with E-state index in [4.69, 9.17) is 0 Å². The van der Waals surface area contributed by atoms with Crippen LogP contribution in [0.2, 0.25) is 0 Å². The largest absolute Gasteiger partial charge is 0.343 e. The van der Waals surface area contributed by atoms with Crippen molar-refractivity contribution in [3.63, 3.8) is 0 Å². The normalized spacial score (nSPS) is 25.8. The molecule has 3 aliphatic heterocycles. The summed E-state index contributed by atoms with van der Waals surface area (Å²) in [4.78, 5) is 26.8. The number of rotatable bonds is 2. The lowest BCUT2D eigenvalue weighted by molar-refractivity contribution is -0.135. The standard InChI is InChI=1S/C18H20N2O4S/c21-16(11-13-5-10-25(23,24)12-13)20-8-6-18(7-9-20)14-3-1-2-4-15(14)19-17(18)22/h1-5,10,13H,6-9,11-12H2,(H,19,22)/t13-/m1/s1. The van der Waals surface area contributed by atoms with Gasteiger partial charge in [0.15, 0.2) is 9.84 Å². The summed E-state index contributed by atoms with van der Waals surface area (Å²) in [5.74, 6) is -0.227. The summed E-state index contributed by atoms with van der Waals surface area (Å²) in [7, 11) is -3.13. The van der Waals surface area contributed by atoms with Gasteiger partial charge >= 0.3 is 0 Å². The van der Waals surface area contributed by atoms with E-state index in [0.717, 1.165) is 11.3 Å². The van der Waals surface area contributed by atoms with Gasteiger partial charge in [-0.2, -0.15) is 0 Å². The highest BCUT2D eigenvalue weighted by atomic mass is 32.2. The van der Waals surface area contributed by atoms with Gasteiger partial charge in [0.25, 0.3) is 0 Å². The zero-order chi connectivity index (χ0) is 17.7. The van der Waals surface area contributed by atoms with Crippen molar-refractivity contribution < 1.29 is 18.0 Å². The number of hydrogen-bond donors (Lipinski definition) is 1. The van der Waals surface area contributed by atoms with Crippen LogP contribution < -0.4 is 5.32 Å². The third kappa shape index (κ3) is 2.76. The Hall–Kier alpha value is -2.15. The van der Waals surface area contributed by atoms with E-state index >= 15 is 0 Å². The van der Waals surface area contributed by atoms with Crippen LogP contribution in [0.25, 0.3) is 0 Å². The molecule has 132 valence electrons. The number of carbonyl (C=O) groups is 2. The predicted octanol–water partition coefficient (Wildman–Crippen LogP) is 1.45. The molecule has 0 saturated carbocycles. The number of para-hydroxylation sites is 1. The number of nitrogens with one attached hydrogen (secondary N) is 1. The number of hydrogen-bond acceptors (Lipinski definition) is 4. The second-order valence-corrected chi connectivity index (χ2v) is 9.02. The molecule has 3 heterocycles. The maximum Gasteiger partial charge on any atom is 0.235 e. The minimum atomic E-state index is -3.13. The van der Waals surface area contributed by atoms with E-state index in [-0.39, 0.29) is 29.9 Å². The van der Waals surface area contributed by atoms with Crippen LogP contribution in [-0.2, 0) is 24.8 Å². The van der Waals surface area contributed by atoms with Gasteiger partial charge in [-0.15, -0.1) is 0 Å². The molecule has 1 atom stereocenters. The van der Waals surface area contributed by atoms with Crippen LogP contribution in [0.15, 0.2) is 35.7 Å². The number of carbonyl (C=O) groups excluding carboxylic acids is 2. The third-order valence-electron chi connectivity index (χ3n) is 5.54. The fraction of sp³-hybridized carbons (Fsp3) is 0.444. The van der Waals surface area contributed by atoms with Crippen LogP contribution >= 0.6 is 0 Å². The number of benzene rings is 1. The molecule has 0 aliphatic carbocycles. The van der Waals surface area contributed by atoms with Crippen LogP contribution in [0.4, 0.5) is 5.69 Å². The summed E-state index contributed by atoms with van der Waals surface area (Å²) in [5.41, 5.74) is 1.36. The van der Waals surface area contributed by atoms with Crippen LogP contribution in [0.5, 0.6) is 0 Å². The minimum Gasteiger partial charge on any atom is -0.343 e. The molecule has 1 aromatic carbocycles. The number of allylic oxidation sites excluding steroid dienone is 1. The predicted molar refractivity (Wildman–Crippen MR) is 93.6 cm³/mol. The van der Waals surface area contributed by atoms with E-state index in [0.29, 0.717) is 25.9 Å². The Morgan fingerprint density at radius 1 is 1.24 bits per heavy atom. The Morgan fingerprint density at radius 3 is 2.64 bits per heavy atom. The van der Waals surface area contributed by atoms with E-state index in [9.17, 15) is 18.0 Å². The van der Waals surface area contributed by atoms with Crippen molar-refractivity contribution in [2.75, 3.05) is 24.2 Å². The van der Waals surface area contributed by atoms with Crippen molar-refractivity contribution >= 4 is 27.3 Å². The second kappa shape index (κ2) is 5.69. The summed E-state index contributed by atoms with van der Waals surface area (Å²) in [6.07, 6.45) is 3.02. The summed E-state index contributed by atoms with van der Waals surface area (Å²) in [5, 5.41) is 4.16. The molecule has 1 aromatic rings. The molecule has 6 nitrogen and oxygen atoms in total.